The molecule has 1 aliphatic carbocycles. The molecule has 0 aromatic heterocycles. The van der Waals surface area contributed by atoms with E-state index < -0.39 is 0 Å². The van der Waals surface area contributed by atoms with Gasteiger partial charge in [0.05, 0.1) is 0 Å². The highest BCUT2D eigenvalue weighted by Crippen LogP contribution is 2.30. The monoisotopic (exact) mass is 157 g/mol. The molecule has 58 valence electrons. The third-order valence-electron chi connectivity index (χ3n) is 2.22. The molecule has 0 unspecified atom stereocenters. The van der Waals surface area contributed by atoms with E-state index in [1.807, 2.05) is 0 Å². The zero-order chi connectivity index (χ0) is 7.61. The minimum Gasteiger partial charge on any atom is -0.325 e. The maximum absolute atomic E-state index is 6.11. The quantitative estimate of drug-likeness (QED) is 0.609. The molecule has 2 N–H and O–H groups in total. The molecule has 1 fully saturated rings. The van der Waals surface area contributed by atoms with E-state index in [1.54, 1.807) is 0 Å². The molecule has 0 saturated heterocycles. The van der Waals surface area contributed by atoms with Crippen LogP contribution in [0.15, 0.2) is 0 Å². The van der Waals surface area contributed by atoms with Crippen molar-refractivity contribution in [3.8, 4) is 0 Å². The summed E-state index contributed by atoms with van der Waals surface area (Å²) in [5, 5.41) is 1.28. The lowest BCUT2D eigenvalue weighted by atomic mass is 9.93. The van der Waals surface area contributed by atoms with Crippen LogP contribution in [-0.2, 0) is 0 Å². The number of rotatable bonds is 2. The topological polar surface area (TPSA) is 26.0 Å². The van der Waals surface area contributed by atoms with Crippen molar-refractivity contribution in [2.75, 3.05) is 0 Å². The van der Waals surface area contributed by atoms with Gasteiger partial charge in [0.15, 0.2) is 0 Å². The predicted octanol–water partition coefficient (Wildman–Crippen LogP) is 1.98. The highest BCUT2D eigenvalue weighted by Gasteiger charge is 2.28. The molecule has 1 aliphatic rings. The maximum Gasteiger partial charge on any atom is 0.0195 e. The predicted molar refractivity (Wildman–Crippen MR) is 49.0 cm³/mol. The standard InChI is InChI=1S/C8H16NP/c1-7(10)6-8(9)4-2-3-5-8/h10H,2-6,9H2,1H3. The first-order valence-electron chi connectivity index (χ1n) is 3.95. The number of nitrogens with two attached hydrogens (primary N) is 1. The van der Waals surface area contributed by atoms with Gasteiger partial charge in [-0.2, -0.15) is 0 Å². The normalized spacial score (nSPS) is 23.0. The van der Waals surface area contributed by atoms with Crippen molar-refractivity contribution < 1.29 is 0 Å². The fourth-order valence-corrected chi connectivity index (χ4v) is 2.14. The minimum atomic E-state index is 0.131. The molecule has 0 bridgehead atoms. The smallest absolute Gasteiger partial charge is 0.0195 e. The van der Waals surface area contributed by atoms with Crippen LogP contribution in [-0.4, -0.2) is 10.8 Å². The molecule has 10 heavy (non-hydrogen) atoms. The Balaban J connectivity index is 2.43. The second-order valence-corrected chi connectivity index (χ2v) is 4.38. The zero-order valence-corrected chi connectivity index (χ0v) is 7.61. The molecule has 0 aromatic carbocycles. The SMILES string of the molecule is CC(=P)CC1(N)CCCC1. The Morgan fingerprint density at radius 3 is 2.40 bits per heavy atom. The highest BCUT2D eigenvalue weighted by molar-refractivity contribution is 7.20. The van der Waals surface area contributed by atoms with Gasteiger partial charge in [-0.3, -0.25) is 0 Å². The summed E-state index contributed by atoms with van der Waals surface area (Å²) >= 11 is 0. The van der Waals surface area contributed by atoms with Gasteiger partial charge in [0.25, 0.3) is 0 Å². The van der Waals surface area contributed by atoms with Crippen LogP contribution in [0.4, 0.5) is 0 Å². The molecular formula is C8H16NP. The molecule has 0 heterocycles. The van der Waals surface area contributed by atoms with Crippen molar-refractivity contribution in [2.24, 2.45) is 5.73 Å². The van der Waals surface area contributed by atoms with Crippen LogP contribution >= 0.6 is 8.86 Å². The molecule has 1 nitrogen and oxygen atoms in total. The first-order chi connectivity index (χ1) is 4.62. The summed E-state index contributed by atoms with van der Waals surface area (Å²) in [5.74, 6) is 0. The van der Waals surface area contributed by atoms with Gasteiger partial charge >= 0.3 is 0 Å². The van der Waals surface area contributed by atoms with Crippen LogP contribution in [0.1, 0.15) is 39.0 Å². The van der Waals surface area contributed by atoms with Crippen LogP contribution in [0.2, 0.25) is 0 Å². The zero-order valence-electron chi connectivity index (χ0n) is 6.61. The van der Waals surface area contributed by atoms with Gasteiger partial charge in [-0.15, -0.1) is 8.86 Å². The molecular weight excluding hydrogens is 141 g/mol. The van der Waals surface area contributed by atoms with Crippen LogP contribution in [0.3, 0.4) is 0 Å². The van der Waals surface area contributed by atoms with Gasteiger partial charge in [-0.05, 0) is 26.2 Å². The van der Waals surface area contributed by atoms with Crippen molar-refractivity contribution in [2.45, 2.75) is 44.6 Å². The molecule has 0 atom stereocenters. The van der Waals surface area contributed by atoms with Crippen molar-refractivity contribution in [1.29, 1.82) is 0 Å². The van der Waals surface area contributed by atoms with E-state index in [1.165, 1.54) is 31.0 Å². The van der Waals surface area contributed by atoms with E-state index in [2.05, 4.69) is 15.8 Å². The summed E-state index contributed by atoms with van der Waals surface area (Å²) in [7, 11) is 3.50. The molecule has 2 heteroatoms. The number of hydrogen-bond donors (Lipinski definition) is 1. The molecule has 1 rings (SSSR count). The Bertz CT molecular complexity index is 136. The van der Waals surface area contributed by atoms with E-state index in [4.69, 9.17) is 5.73 Å². The first kappa shape index (κ1) is 8.23. The molecule has 0 aromatic rings. The van der Waals surface area contributed by atoms with Crippen LogP contribution in [0, 0.1) is 0 Å². The summed E-state index contributed by atoms with van der Waals surface area (Å²) in [6.07, 6.45) is 6.08. The molecule has 0 amide bonds. The first-order valence-corrected chi connectivity index (χ1v) is 4.45. The third-order valence-corrected chi connectivity index (χ3v) is 2.39. The lowest BCUT2D eigenvalue weighted by Gasteiger charge is -2.22. The van der Waals surface area contributed by atoms with Gasteiger partial charge in [-0.25, -0.2) is 0 Å². The van der Waals surface area contributed by atoms with Gasteiger partial charge in [0, 0.05) is 5.54 Å². The van der Waals surface area contributed by atoms with E-state index in [0.29, 0.717) is 0 Å². The molecule has 0 spiro atoms. The summed E-state index contributed by atoms with van der Waals surface area (Å²) in [6.45, 7) is 2.09. The summed E-state index contributed by atoms with van der Waals surface area (Å²) < 4.78 is 0. The Morgan fingerprint density at radius 2 is 2.00 bits per heavy atom. The van der Waals surface area contributed by atoms with Crippen molar-refractivity contribution in [3.63, 3.8) is 0 Å². The molecule has 0 aliphatic heterocycles. The van der Waals surface area contributed by atoms with E-state index >= 15 is 0 Å². The molecule has 0 radical (unpaired) electrons. The van der Waals surface area contributed by atoms with Crippen LogP contribution in [0.5, 0.6) is 0 Å². The van der Waals surface area contributed by atoms with Crippen LogP contribution < -0.4 is 5.73 Å². The van der Waals surface area contributed by atoms with Crippen molar-refractivity contribution >= 4 is 14.2 Å². The lowest BCUT2D eigenvalue weighted by molar-refractivity contribution is 0.458. The fourth-order valence-electron chi connectivity index (χ4n) is 1.78. The van der Waals surface area contributed by atoms with Gasteiger partial charge in [0.1, 0.15) is 0 Å². The Labute approximate surface area is 65.2 Å². The molecule has 1 saturated carbocycles. The Hall–Kier alpha value is 0.130. The fraction of sp³-hybridized carbons (Fsp3) is 0.875. The average molecular weight is 157 g/mol. The van der Waals surface area contributed by atoms with E-state index in [9.17, 15) is 0 Å². The van der Waals surface area contributed by atoms with E-state index in [0.717, 1.165) is 6.42 Å². The van der Waals surface area contributed by atoms with Crippen LogP contribution in [0.25, 0.3) is 0 Å². The van der Waals surface area contributed by atoms with E-state index in [-0.39, 0.29) is 5.54 Å². The largest absolute Gasteiger partial charge is 0.325 e. The van der Waals surface area contributed by atoms with Gasteiger partial charge in [0.2, 0.25) is 0 Å². The second-order valence-electron chi connectivity index (χ2n) is 3.53. The maximum atomic E-state index is 6.11. The Kier molecular flexibility index (Phi) is 2.49. The lowest BCUT2D eigenvalue weighted by Crippen LogP contribution is -2.37. The number of hydrogen-bond acceptors (Lipinski definition) is 1. The average Bonchev–Trinajstić information content (AvgIpc) is 2.12. The van der Waals surface area contributed by atoms with Crippen molar-refractivity contribution in [3.05, 3.63) is 0 Å². The van der Waals surface area contributed by atoms with Crippen molar-refractivity contribution in [1.82, 2.24) is 0 Å². The third kappa shape index (κ3) is 2.07. The minimum absolute atomic E-state index is 0.131. The Morgan fingerprint density at radius 1 is 1.50 bits per heavy atom. The van der Waals surface area contributed by atoms with Gasteiger partial charge < -0.3 is 5.73 Å². The summed E-state index contributed by atoms with van der Waals surface area (Å²) in [5.41, 5.74) is 6.24. The summed E-state index contributed by atoms with van der Waals surface area (Å²) in [6, 6.07) is 0. The van der Waals surface area contributed by atoms with Gasteiger partial charge in [-0.1, -0.05) is 18.1 Å². The second kappa shape index (κ2) is 3.02. The summed E-state index contributed by atoms with van der Waals surface area (Å²) in [4.78, 5) is 0. The highest BCUT2D eigenvalue weighted by atomic mass is 31.0.